The molecule has 3 rings (SSSR count). The number of urea groups is 1. The van der Waals surface area contributed by atoms with Gasteiger partial charge in [0.2, 0.25) is 0 Å². The number of nitrogens with zero attached hydrogens (tertiary/aromatic N) is 1. The predicted molar refractivity (Wildman–Crippen MR) is 94.1 cm³/mol. The number of hydrogen-bond acceptors (Lipinski definition) is 6. The van der Waals surface area contributed by atoms with E-state index in [1.807, 2.05) is 6.07 Å². The second kappa shape index (κ2) is 7.14. The summed E-state index contributed by atoms with van der Waals surface area (Å²) < 4.78 is 9.67. The molecule has 0 saturated heterocycles. The summed E-state index contributed by atoms with van der Waals surface area (Å²) >= 11 is 0. The Balaban J connectivity index is 2.21. The lowest BCUT2D eigenvalue weighted by atomic mass is 10.1. The van der Waals surface area contributed by atoms with Crippen molar-refractivity contribution in [3.8, 4) is 0 Å². The van der Waals surface area contributed by atoms with Crippen LogP contribution >= 0.6 is 0 Å². The summed E-state index contributed by atoms with van der Waals surface area (Å²) in [5.74, 6) is -1.38. The molecule has 2 N–H and O–H groups in total. The van der Waals surface area contributed by atoms with Crippen molar-refractivity contribution in [1.29, 1.82) is 0 Å². The van der Waals surface area contributed by atoms with Crippen molar-refractivity contribution in [3.05, 3.63) is 59.5 Å². The van der Waals surface area contributed by atoms with Crippen LogP contribution in [0.2, 0.25) is 0 Å². The molecule has 2 aliphatic heterocycles. The fourth-order valence-corrected chi connectivity index (χ4v) is 2.76. The first-order valence-corrected chi connectivity index (χ1v) is 7.78. The molecular formula is C18H17N3O5. The number of esters is 2. The van der Waals surface area contributed by atoms with Crippen LogP contribution in [0.5, 0.6) is 0 Å². The zero-order valence-corrected chi connectivity index (χ0v) is 14.2. The zero-order chi connectivity index (χ0) is 18.7. The summed E-state index contributed by atoms with van der Waals surface area (Å²) in [7, 11) is 2.46. The number of carbonyl (C=O) groups is 3. The molecule has 0 aliphatic carbocycles. The van der Waals surface area contributed by atoms with Crippen molar-refractivity contribution < 1.29 is 23.9 Å². The summed E-state index contributed by atoms with van der Waals surface area (Å²) in [5.41, 5.74) is 1.96. The third-order valence-electron chi connectivity index (χ3n) is 3.96. The molecule has 0 radical (unpaired) electrons. The van der Waals surface area contributed by atoms with Gasteiger partial charge in [-0.3, -0.25) is 0 Å². The van der Waals surface area contributed by atoms with E-state index in [2.05, 4.69) is 10.6 Å². The van der Waals surface area contributed by atoms with Crippen LogP contribution in [0.3, 0.4) is 0 Å². The van der Waals surface area contributed by atoms with Crippen LogP contribution in [0.4, 0.5) is 16.2 Å². The number of benzene rings is 1. The van der Waals surface area contributed by atoms with E-state index in [1.165, 1.54) is 25.2 Å². The fourth-order valence-electron chi connectivity index (χ4n) is 2.76. The van der Waals surface area contributed by atoms with Crippen LogP contribution in [-0.4, -0.2) is 32.2 Å². The monoisotopic (exact) mass is 355 g/mol. The highest BCUT2D eigenvalue weighted by atomic mass is 16.5. The fraction of sp³-hybridized carbons (Fsp3) is 0.167. The Morgan fingerprint density at radius 1 is 1.12 bits per heavy atom. The number of anilines is 2. The minimum Gasteiger partial charge on any atom is -0.465 e. The van der Waals surface area contributed by atoms with Crippen molar-refractivity contribution >= 4 is 29.3 Å². The Morgan fingerprint density at radius 2 is 1.88 bits per heavy atom. The number of amides is 2. The molecular weight excluding hydrogens is 338 g/mol. The minimum atomic E-state index is -0.709. The van der Waals surface area contributed by atoms with Gasteiger partial charge in [-0.05, 0) is 23.8 Å². The molecule has 1 aromatic carbocycles. The highest BCUT2D eigenvalue weighted by Crippen LogP contribution is 2.35. The first kappa shape index (κ1) is 17.3. The Morgan fingerprint density at radius 3 is 2.62 bits per heavy atom. The number of ether oxygens (including phenoxy) is 2. The third kappa shape index (κ3) is 3.04. The van der Waals surface area contributed by atoms with Crippen molar-refractivity contribution in [2.45, 2.75) is 6.54 Å². The average Bonchev–Trinajstić information content (AvgIpc) is 2.89. The lowest BCUT2D eigenvalue weighted by Crippen LogP contribution is -2.35. The van der Waals surface area contributed by atoms with E-state index in [9.17, 15) is 14.4 Å². The van der Waals surface area contributed by atoms with Crippen molar-refractivity contribution in [2.24, 2.45) is 0 Å². The molecule has 26 heavy (non-hydrogen) atoms. The van der Waals surface area contributed by atoms with E-state index in [1.54, 1.807) is 30.5 Å². The Labute approximate surface area is 149 Å². The molecule has 8 nitrogen and oxygen atoms in total. The van der Waals surface area contributed by atoms with Crippen LogP contribution in [0.25, 0.3) is 0 Å². The number of methoxy groups -OCH3 is 2. The van der Waals surface area contributed by atoms with Gasteiger partial charge in [-0.2, -0.15) is 0 Å². The first-order chi connectivity index (χ1) is 12.6. The Kier molecular flexibility index (Phi) is 4.74. The topological polar surface area (TPSA) is 97.0 Å². The largest absolute Gasteiger partial charge is 0.465 e. The minimum absolute atomic E-state index is 0.00877. The molecule has 0 bridgehead atoms. The molecule has 134 valence electrons. The maximum absolute atomic E-state index is 12.5. The molecule has 2 aliphatic rings. The number of hydrogen-bond donors (Lipinski definition) is 2. The van der Waals surface area contributed by atoms with Gasteiger partial charge >= 0.3 is 18.0 Å². The number of nitrogens with one attached hydrogen (secondary N) is 2. The quantitative estimate of drug-likeness (QED) is 0.803. The number of fused-ring (bicyclic) bond motifs is 1. The predicted octanol–water partition coefficient (Wildman–Crippen LogP) is 1.81. The van der Waals surface area contributed by atoms with E-state index in [-0.39, 0.29) is 17.3 Å². The molecule has 0 aromatic heterocycles. The smallest absolute Gasteiger partial charge is 0.355 e. The zero-order valence-electron chi connectivity index (χ0n) is 14.2. The van der Waals surface area contributed by atoms with E-state index < -0.39 is 11.9 Å². The van der Waals surface area contributed by atoms with Gasteiger partial charge in [-0.25, -0.2) is 14.4 Å². The van der Waals surface area contributed by atoms with Crippen LogP contribution in [0, 0.1) is 0 Å². The lowest BCUT2D eigenvalue weighted by Gasteiger charge is -2.28. The molecule has 0 spiro atoms. The summed E-state index contributed by atoms with van der Waals surface area (Å²) in [4.78, 5) is 37.9. The molecule has 0 atom stereocenters. The number of rotatable bonds is 3. The molecule has 8 heteroatoms. The lowest BCUT2D eigenvalue weighted by molar-refractivity contribution is -0.139. The van der Waals surface area contributed by atoms with Crippen LogP contribution in [0.15, 0.2) is 53.9 Å². The number of allylic oxidation sites excluding steroid dienone is 2. The summed E-state index contributed by atoms with van der Waals surface area (Å²) in [6, 6.07) is 5.04. The Bertz CT molecular complexity index is 870. The van der Waals surface area contributed by atoms with E-state index >= 15 is 0 Å². The maximum atomic E-state index is 12.5. The molecule has 1 aromatic rings. The molecule has 2 amide bonds. The highest BCUT2D eigenvalue weighted by molar-refractivity contribution is 6.07. The van der Waals surface area contributed by atoms with E-state index in [0.29, 0.717) is 17.9 Å². The normalized spacial score (nSPS) is 15.6. The number of para-hydroxylation sites is 1. The highest BCUT2D eigenvalue weighted by Gasteiger charge is 2.30. The molecule has 0 fully saturated rings. The SMILES string of the molecule is COC(=O)C1=C(C(=O)OC)N(c2cccc3c2NC(=O)NC3)C=CC=C1. The van der Waals surface area contributed by atoms with Crippen molar-refractivity contribution in [3.63, 3.8) is 0 Å². The van der Waals surface area contributed by atoms with Gasteiger partial charge < -0.3 is 25.0 Å². The standard InChI is InChI=1S/C18H17N3O5/c1-25-16(22)12-7-3-4-9-21(15(12)17(23)26-2)13-8-5-6-11-10-19-18(24)20-14(11)13/h3-9H,10H2,1-2H3,(H2,19,20,24). The second-order valence-electron chi connectivity index (χ2n) is 5.44. The maximum Gasteiger partial charge on any atom is 0.355 e. The third-order valence-corrected chi connectivity index (χ3v) is 3.96. The van der Waals surface area contributed by atoms with Gasteiger partial charge in [-0.15, -0.1) is 0 Å². The van der Waals surface area contributed by atoms with Gasteiger partial charge in [0.1, 0.15) is 5.70 Å². The summed E-state index contributed by atoms with van der Waals surface area (Å²) in [5, 5.41) is 5.43. The van der Waals surface area contributed by atoms with Gasteiger partial charge in [-0.1, -0.05) is 18.2 Å². The Hall–Kier alpha value is -3.55. The first-order valence-electron chi connectivity index (χ1n) is 7.78. The molecule has 0 saturated carbocycles. The average molecular weight is 355 g/mol. The van der Waals surface area contributed by atoms with Crippen molar-refractivity contribution in [1.82, 2.24) is 5.32 Å². The van der Waals surface area contributed by atoms with Gasteiger partial charge in [0.15, 0.2) is 0 Å². The van der Waals surface area contributed by atoms with Gasteiger partial charge in [0.25, 0.3) is 0 Å². The molecule has 2 heterocycles. The summed E-state index contributed by atoms with van der Waals surface area (Å²) in [6.45, 7) is 0.353. The second-order valence-corrected chi connectivity index (χ2v) is 5.44. The van der Waals surface area contributed by atoms with Crippen LogP contribution in [-0.2, 0) is 25.6 Å². The van der Waals surface area contributed by atoms with Gasteiger partial charge in [0, 0.05) is 12.7 Å². The summed E-state index contributed by atoms with van der Waals surface area (Å²) in [6.07, 6.45) is 6.37. The van der Waals surface area contributed by atoms with Crippen LogP contribution in [0.1, 0.15) is 5.56 Å². The number of carbonyl (C=O) groups excluding carboxylic acids is 3. The van der Waals surface area contributed by atoms with E-state index in [4.69, 9.17) is 9.47 Å². The van der Waals surface area contributed by atoms with Crippen LogP contribution < -0.4 is 15.5 Å². The van der Waals surface area contributed by atoms with Crippen molar-refractivity contribution in [2.75, 3.05) is 24.4 Å². The van der Waals surface area contributed by atoms with Gasteiger partial charge in [0.05, 0.1) is 31.2 Å². The van der Waals surface area contributed by atoms with E-state index in [0.717, 1.165) is 5.56 Å². The molecule has 0 unspecified atom stereocenters.